The quantitative estimate of drug-likeness (QED) is 0.578. The number of amides is 3. The van der Waals surface area contributed by atoms with Gasteiger partial charge in [0.15, 0.2) is 5.75 Å². The Balaban J connectivity index is 1.65. The minimum Gasteiger partial charge on any atom is -0.507 e. The number of carbonyl (C=O) groups is 3. The topological polar surface area (TPSA) is 107 Å². The molecule has 2 fully saturated rings. The lowest BCUT2D eigenvalue weighted by molar-refractivity contribution is -0.130. The summed E-state index contributed by atoms with van der Waals surface area (Å²) in [5.41, 5.74) is -0.130. The molecule has 10 nitrogen and oxygen atoms in total. The second-order valence-corrected chi connectivity index (χ2v) is 10.3. The molecule has 3 aliphatic rings. The summed E-state index contributed by atoms with van der Waals surface area (Å²) >= 11 is 6.77. The van der Waals surface area contributed by atoms with Crippen molar-refractivity contribution in [3.05, 3.63) is 47.3 Å². The molecule has 2 saturated heterocycles. The zero-order valence-electron chi connectivity index (χ0n) is 21.7. The molecule has 5 rings (SSSR count). The van der Waals surface area contributed by atoms with Crippen LogP contribution in [-0.2, 0) is 9.59 Å². The Labute approximate surface area is 230 Å². The summed E-state index contributed by atoms with van der Waals surface area (Å²) in [6, 6.07) is 3.18. The van der Waals surface area contributed by atoms with Crippen LogP contribution in [0.5, 0.6) is 11.5 Å². The maximum Gasteiger partial charge on any atom is 0.261 e. The number of hydrogen-bond acceptors (Lipinski definition) is 7. The van der Waals surface area contributed by atoms with Gasteiger partial charge in [-0.1, -0.05) is 24.2 Å². The highest BCUT2D eigenvalue weighted by Gasteiger charge is 2.42. The third kappa shape index (κ3) is 4.64. The maximum atomic E-state index is 15.0. The van der Waals surface area contributed by atoms with E-state index in [0.29, 0.717) is 26.2 Å². The van der Waals surface area contributed by atoms with Crippen molar-refractivity contribution in [2.24, 2.45) is 0 Å². The molecule has 0 spiro atoms. The number of halogens is 2. The summed E-state index contributed by atoms with van der Waals surface area (Å²) in [6.45, 7) is 9.01. The van der Waals surface area contributed by atoms with Gasteiger partial charge in [0.05, 0.1) is 11.6 Å². The van der Waals surface area contributed by atoms with E-state index in [1.165, 1.54) is 31.2 Å². The van der Waals surface area contributed by atoms with Crippen molar-refractivity contribution < 1.29 is 28.6 Å². The van der Waals surface area contributed by atoms with Crippen LogP contribution in [0.15, 0.2) is 30.9 Å². The molecule has 39 heavy (non-hydrogen) atoms. The third-order valence-corrected chi connectivity index (χ3v) is 7.86. The number of aromatic nitrogens is 1. The Morgan fingerprint density at radius 2 is 1.87 bits per heavy atom. The molecule has 0 bridgehead atoms. The van der Waals surface area contributed by atoms with Gasteiger partial charge in [0.1, 0.15) is 40.3 Å². The minimum absolute atomic E-state index is 0.0409. The number of pyridine rings is 1. The molecule has 0 unspecified atom stereocenters. The predicted molar refractivity (Wildman–Crippen MR) is 142 cm³/mol. The first-order valence-electron chi connectivity index (χ1n) is 12.7. The van der Waals surface area contributed by atoms with Gasteiger partial charge < -0.3 is 29.4 Å². The monoisotopic (exact) mass is 557 g/mol. The van der Waals surface area contributed by atoms with Crippen LogP contribution in [0.2, 0.25) is 5.02 Å². The van der Waals surface area contributed by atoms with E-state index in [4.69, 9.17) is 21.3 Å². The van der Waals surface area contributed by atoms with Gasteiger partial charge >= 0.3 is 0 Å². The summed E-state index contributed by atoms with van der Waals surface area (Å²) < 4.78 is 21.2. The third-order valence-electron chi connectivity index (χ3n) is 7.51. The fraction of sp³-hybridized carbons (Fsp3) is 0.407. The molecule has 3 aliphatic heterocycles. The van der Waals surface area contributed by atoms with E-state index >= 15 is 4.39 Å². The molecule has 4 heterocycles. The molecule has 1 aromatic heterocycles. The molecule has 2 atom stereocenters. The molecule has 0 radical (unpaired) electrons. The van der Waals surface area contributed by atoms with E-state index in [9.17, 15) is 19.5 Å². The normalized spacial score (nSPS) is 21.1. The van der Waals surface area contributed by atoms with Crippen molar-refractivity contribution >= 4 is 35.1 Å². The number of fused-ring (bicyclic) bond motifs is 2. The maximum absolute atomic E-state index is 15.0. The van der Waals surface area contributed by atoms with Gasteiger partial charge in [0.2, 0.25) is 11.8 Å². The highest BCUT2D eigenvalue weighted by Crippen LogP contribution is 2.46. The van der Waals surface area contributed by atoms with Crippen molar-refractivity contribution in [1.29, 1.82) is 0 Å². The van der Waals surface area contributed by atoms with E-state index in [2.05, 4.69) is 6.58 Å². The highest BCUT2D eigenvalue weighted by molar-refractivity contribution is 6.35. The number of rotatable bonds is 3. The van der Waals surface area contributed by atoms with Crippen molar-refractivity contribution in [2.75, 3.05) is 50.8 Å². The van der Waals surface area contributed by atoms with Crippen molar-refractivity contribution in [3.63, 3.8) is 0 Å². The molecule has 206 valence electrons. The van der Waals surface area contributed by atoms with E-state index in [1.54, 1.807) is 14.7 Å². The van der Waals surface area contributed by atoms with E-state index in [0.717, 1.165) is 0 Å². The minimum atomic E-state index is -0.735. The zero-order valence-corrected chi connectivity index (χ0v) is 22.4. The lowest BCUT2D eigenvalue weighted by Gasteiger charge is -2.42. The summed E-state index contributed by atoms with van der Waals surface area (Å²) in [6.07, 6.45) is 1.23. The first-order chi connectivity index (χ1) is 18.6. The molecule has 0 saturated carbocycles. The second kappa shape index (κ2) is 10.4. The van der Waals surface area contributed by atoms with Gasteiger partial charge in [-0.15, -0.1) is 0 Å². The average Bonchev–Trinajstić information content (AvgIpc) is 3.06. The lowest BCUT2D eigenvalue weighted by Crippen LogP contribution is -2.57. The Morgan fingerprint density at radius 1 is 1.15 bits per heavy atom. The fourth-order valence-corrected chi connectivity index (χ4v) is 5.74. The number of ether oxygens (including phenoxy) is 1. The number of hydrogen-bond donors (Lipinski definition) is 1. The van der Waals surface area contributed by atoms with Gasteiger partial charge in [-0.25, -0.2) is 9.37 Å². The van der Waals surface area contributed by atoms with Crippen LogP contribution in [0.25, 0.3) is 11.3 Å². The largest absolute Gasteiger partial charge is 0.507 e. The number of phenolic OH excluding ortho intramolecular Hbond substituents is 1. The van der Waals surface area contributed by atoms with Crippen LogP contribution in [0.1, 0.15) is 24.2 Å². The number of phenols is 1. The summed E-state index contributed by atoms with van der Waals surface area (Å²) in [5.74, 6) is -1.48. The van der Waals surface area contributed by atoms with Crippen LogP contribution < -0.4 is 9.64 Å². The van der Waals surface area contributed by atoms with Gasteiger partial charge in [-0.3, -0.25) is 14.4 Å². The highest BCUT2D eigenvalue weighted by atomic mass is 35.5. The Morgan fingerprint density at radius 3 is 2.54 bits per heavy atom. The Kier molecular flexibility index (Phi) is 7.11. The number of nitrogens with zero attached hydrogens (tertiary/aromatic N) is 5. The zero-order chi connectivity index (χ0) is 28.0. The summed E-state index contributed by atoms with van der Waals surface area (Å²) in [7, 11) is 0. The van der Waals surface area contributed by atoms with Gasteiger partial charge in [-0.05, 0) is 25.1 Å². The number of piperazine rings is 2. The van der Waals surface area contributed by atoms with Gasteiger partial charge in [-0.2, -0.15) is 0 Å². The van der Waals surface area contributed by atoms with Crippen LogP contribution in [0, 0.1) is 5.82 Å². The SMILES string of the molecule is C=CC(=O)N1CCN2C(=O)c3c(N4CCN(C(C)=O)C[C@@H]4C)nc(-c4c(O)cccc4F)c(Cl)c3OC[C@H]2C1. The lowest BCUT2D eigenvalue weighted by atomic mass is 10.0. The first kappa shape index (κ1) is 26.7. The van der Waals surface area contributed by atoms with E-state index in [-0.39, 0.29) is 82.6 Å². The van der Waals surface area contributed by atoms with Crippen molar-refractivity contribution in [3.8, 4) is 22.8 Å². The number of benzene rings is 1. The van der Waals surface area contributed by atoms with Crippen LogP contribution >= 0.6 is 11.6 Å². The van der Waals surface area contributed by atoms with Crippen molar-refractivity contribution in [2.45, 2.75) is 25.9 Å². The van der Waals surface area contributed by atoms with Crippen molar-refractivity contribution in [1.82, 2.24) is 19.7 Å². The smallest absolute Gasteiger partial charge is 0.261 e. The molecule has 2 aromatic rings. The summed E-state index contributed by atoms with van der Waals surface area (Å²) in [4.78, 5) is 49.9. The van der Waals surface area contributed by atoms with Gasteiger partial charge in [0.25, 0.3) is 5.91 Å². The van der Waals surface area contributed by atoms with E-state index in [1.807, 2.05) is 11.8 Å². The number of anilines is 1. The number of aromatic hydroxyl groups is 1. The fourth-order valence-electron chi connectivity index (χ4n) is 5.45. The molecule has 1 aromatic carbocycles. The Bertz CT molecular complexity index is 1350. The van der Waals surface area contributed by atoms with Crippen LogP contribution in [0.4, 0.5) is 10.2 Å². The average molecular weight is 558 g/mol. The summed E-state index contributed by atoms with van der Waals surface area (Å²) in [5, 5.41) is 10.4. The Hall–Kier alpha value is -3.86. The second-order valence-electron chi connectivity index (χ2n) is 9.90. The molecule has 3 amide bonds. The first-order valence-corrected chi connectivity index (χ1v) is 13.1. The van der Waals surface area contributed by atoms with E-state index < -0.39 is 11.9 Å². The molecule has 0 aliphatic carbocycles. The standard InChI is InChI=1S/C27H29ClFN5O5/c1-4-20(37)32-9-11-34-17(13-32)14-39-25-22(27(34)38)26(33-10-8-31(16(3)35)12-15(33)2)30-24(23(25)28)21-18(29)6-5-7-19(21)36/h4-7,15,17,36H,1,8-14H2,2-3H3/t15-,17+/m0/s1. The molecular formula is C27H29ClFN5O5. The van der Waals surface area contributed by atoms with Crippen LogP contribution in [-0.4, -0.2) is 100 Å². The van der Waals surface area contributed by atoms with Crippen LogP contribution in [0.3, 0.4) is 0 Å². The number of carbonyl (C=O) groups excluding carboxylic acids is 3. The molecule has 12 heteroatoms. The predicted octanol–water partition coefficient (Wildman–Crippen LogP) is 2.54. The van der Waals surface area contributed by atoms with Gasteiger partial charge in [0, 0.05) is 52.2 Å². The molecular weight excluding hydrogens is 529 g/mol. The molecule has 1 N–H and O–H groups in total.